The van der Waals surface area contributed by atoms with Gasteiger partial charge in [-0.2, -0.15) is 0 Å². The van der Waals surface area contributed by atoms with Crippen LogP contribution in [0.5, 0.6) is 0 Å². The highest BCUT2D eigenvalue weighted by Crippen LogP contribution is 2.32. The molecule has 20 heavy (non-hydrogen) atoms. The predicted molar refractivity (Wildman–Crippen MR) is 85.9 cm³/mol. The maximum atomic E-state index is 12.1. The minimum absolute atomic E-state index is 0.133. The first kappa shape index (κ1) is 14.8. The lowest BCUT2D eigenvalue weighted by atomic mass is 9.85. The van der Waals surface area contributed by atoms with Gasteiger partial charge in [-0.05, 0) is 35.6 Å². The molecule has 0 fully saturated rings. The lowest BCUT2D eigenvalue weighted by Gasteiger charge is -2.18. The van der Waals surface area contributed by atoms with Gasteiger partial charge in [0.2, 0.25) is 0 Å². The fraction of sp³-hybridized carbons (Fsp3) is 0.421. The summed E-state index contributed by atoms with van der Waals surface area (Å²) in [5.41, 5.74) is 3.98. The van der Waals surface area contributed by atoms with Gasteiger partial charge in [-0.15, -0.1) is 0 Å². The molecule has 0 radical (unpaired) electrons. The van der Waals surface area contributed by atoms with Gasteiger partial charge in [-0.1, -0.05) is 69.9 Å². The number of carbonyl (C=O) groups excluding carboxylic acids is 1. The van der Waals surface area contributed by atoms with Crippen molar-refractivity contribution < 1.29 is 4.79 Å². The molecule has 1 aromatic rings. The van der Waals surface area contributed by atoms with E-state index in [2.05, 4.69) is 13.5 Å². The van der Waals surface area contributed by atoms with Crippen LogP contribution < -0.4 is 0 Å². The molecule has 1 nitrogen and oxygen atoms in total. The molecule has 1 aliphatic carbocycles. The fourth-order valence-electron chi connectivity index (χ4n) is 2.78. The molecule has 0 unspecified atom stereocenters. The van der Waals surface area contributed by atoms with Gasteiger partial charge in [-0.25, -0.2) is 0 Å². The van der Waals surface area contributed by atoms with Crippen molar-refractivity contribution in [3.8, 4) is 0 Å². The molecule has 106 valence electrons. The van der Waals surface area contributed by atoms with Gasteiger partial charge in [0.15, 0.2) is 5.78 Å². The van der Waals surface area contributed by atoms with Crippen molar-refractivity contribution in [1.82, 2.24) is 0 Å². The summed E-state index contributed by atoms with van der Waals surface area (Å²) in [4.78, 5) is 12.1. The third kappa shape index (κ3) is 3.47. The van der Waals surface area contributed by atoms with E-state index < -0.39 is 0 Å². The number of unbranched alkanes of at least 4 members (excludes halogenated alkanes) is 5. The van der Waals surface area contributed by atoms with Gasteiger partial charge in [0.25, 0.3) is 0 Å². The zero-order valence-electron chi connectivity index (χ0n) is 12.5. The Hall–Kier alpha value is -1.63. The van der Waals surface area contributed by atoms with Crippen molar-refractivity contribution in [1.29, 1.82) is 0 Å². The van der Waals surface area contributed by atoms with Crippen LogP contribution in [-0.4, -0.2) is 5.78 Å². The van der Waals surface area contributed by atoms with Crippen molar-refractivity contribution in [2.45, 2.75) is 51.9 Å². The first-order chi connectivity index (χ1) is 9.74. The largest absolute Gasteiger partial charge is 0.289 e. The maximum absolute atomic E-state index is 12.1. The summed E-state index contributed by atoms with van der Waals surface area (Å²) in [7, 11) is 0. The molecular weight excluding hydrogens is 244 g/mol. The van der Waals surface area contributed by atoms with Gasteiger partial charge in [-0.3, -0.25) is 4.79 Å². The number of allylic oxidation sites excluding steroid dienone is 3. The molecule has 0 spiro atoms. The van der Waals surface area contributed by atoms with Crippen molar-refractivity contribution in [2.24, 2.45) is 0 Å². The first-order valence-corrected chi connectivity index (χ1v) is 7.77. The Morgan fingerprint density at radius 1 is 0.950 bits per heavy atom. The minimum Gasteiger partial charge on any atom is -0.289 e. The standard InChI is InChI=1S/C19H24O/c1-3-4-5-6-7-8-11-16-14-19(20)18-13-10-9-12-17(18)15(16)2/h9-10,12-14H,2-8,11H2,1H3. The zero-order valence-corrected chi connectivity index (χ0v) is 12.5. The van der Waals surface area contributed by atoms with Gasteiger partial charge >= 0.3 is 0 Å². The number of benzene rings is 1. The smallest absolute Gasteiger partial charge is 0.186 e. The monoisotopic (exact) mass is 268 g/mol. The molecule has 0 atom stereocenters. The van der Waals surface area contributed by atoms with E-state index in [9.17, 15) is 4.79 Å². The Balaban J connectivity index is 1.91. The van der Waals surface area contributed by atoms with Crippen LogP contribution in [0.4, 0.5) is 0 Å². The zero-order chi connectivity index (χ0) is 14.4. The maximum Gasteiger partial charge on any atom is 0.186 e. The lowest BCUT2D eigenvalue weighted by Crippen LogP contribution is -2.08. The van der Waals surface area contributed by atoms with Crippen LogP contribution in [-0.2, 0) is 0 Å². The highest BCUT2D eigenvalue weighted by Gasteiger charge is 2.19. The van der Waals surface area contributed by atoms with Crippen LogP contribution in [0.2, 0.25) is 0 Å². The first-order valence-electron chi connectivity index (χ1n) is 7.77. The van der Waals surface area contributed by atoms with Gasteiger partial charge < -0.3 is 0 Å². The van der Waals surface area contributed by atoms with Gasteiger partial charge in [0, 0.05) is 5.56 Å². The number of hydrogen-bond donors (Lipinski definition) is 0. The minimum atomic E-state index is 0.133. The third-order valence-corrected chi connectivity index (χ3v) is 4.01. The highest BCUT2D eigenvalue weighted by atomic mass is 16.1. The van der Waals surface area contributed by atoms with Crippen molar-refractivity contribution in [3.05, 3.63) is 53.6 Å². The SMILES string of the molecule is C=C1C(CCCCCCCC)=CC(=O)c2ccccc21. The van der Waals surface area contributed by atoms with Crippen molar-refractivity contribution in [2.75, 3.05) is 0 Å². The van der Waals surface area contributed by atoms with Crippen LogP contribution in [0, 0.1) is 0 Å². The molecule has 0 bridgehead atoms. The van der Waals surface area contributed by atoms with Crippen LogP contribution >= 0.6 is 0 Å². The van der Waals surface area contributed by atoms with Crippen molar-refractivity contribution in [3.63, 3.8) is 0 Å². The van der Waals surface area contributed by atoms with E-state index in [0.717, 1.165) is 35.1 Å². The van der Waals surface area contributed by atoms with E-state index in [-0.39, 0.29) is 5.78 Å². The Kier molecular flexibility index (Phi) is 5.34. The summed E-state index contributed by atoms with van der Waals surface area (Å²) in [5.74, 6) is 0.133. The van der Waals surface area contributed by atoms with Crippen LogP contribution in [0.25, 0.3) is 5.57 Å². The van der Waals surface area contributed by atoms with E-state index in [1.807, 2.05) is 24.3 Å². The van der Waals surface area contributed by atoms with E-state index in [0.29, 0.717) is 0 Å². The summed E-state index contributed by atoms with van der Waals surface area (Å²) < 4.78 is 0. The number of fused-ring (bicyclic) bond motifs is 1. The summed E-state index contributed by atoms with van der Waals surface area (Å²) >= 11 is 0. The van der Waals surface area contributed by atoms with E-state index in [1.165, 1.54) is 32.1 Å². The van der Waals surface area contributed by atoms with E-state index in [4.69, 9.17) is 0 Å². The van der Waals surface area contributed by atoms with Crippen molar-refractivity contribution >= 4 is 11.4 Å². The lowest BCUT2D eigenvalue weighted by molar-refractivity contribution is 0.104. The molecule has 0 heterocycles. The van der Waals surface area contributed by atoms with E-state index >= 15 is 0 Å². The summed E-state index contributed by atoms with van der Waals surface area (Å²) in [6.07, 6.45) is 10.4. The number of carbonyl (C=O) groups is 1. The molecule has 0 aliphatic heterocycles. The summed E-state index contributed by atoms with van der Waals surface area (Å²) in [6, 6.07) is 7.78. The third-order valence-electron chi connectivity index (χ3n) is 4.01. The predicted octanol–water partition coefficient (Wildman–Crippen LogP) is 5.57. The Morgan fingerprint density at radius 3 is 2.35 bits per heavy atom. The van der Waals surface area contributed by atoms with Crippen LogP contribution in [0.15, 0.2) is 42.5 Å². The van der Waals surface area contributed by atoms with Gasteiger partial charge in [0.05, 0.1) is 0 Å². The van der Waals surface area contributed by atoms with Crippen LogP contribution in [0.3, 0.4) is 0 Å². The molecule has 0 aromatic heterocycles. The number of rotatable bonds is 7. The second-order valence-electron chi connectivity index (χ2n) is 5.58. The molecule has 1 aromatic carbocycles. The average molecular weight is 268 g/mol. The number of hydrogen-bond acceptors (Lipinski definition) is 1. The molecule has 0 saturated heterocycles. The van der Waals surface area contributed by atoms with E-state index in [1.54, 1.807) is 6.08 Å². The molecule has 0 saturated carbocycles. The Morgan fingerprint density at radius 2 is 1.60 bits per heavy atom. The fourth-order valence-corrected chi connectivity index (χ4v) is 2.78. The summed E-state index contributed by atoms with van der Waals surface area (Å²) in [5, 5.41) is 0. The molecule has 2 rings (SSSR count). The normalized spacial score (nSPS) is 14.2. The molecule has 0 N–H and O–H groups in total. The molecule has 1 heteroatoms. The molecule has 0 amide bonds. The summed E-state index contributed by atoms with van der Waals surface area (Å²) in [6.45, 7) is 6.42. The topological polar surface area (TPSA) is 17.1 Å². The molecule has 1 aliphatic rings. The highest BCUT2D eigenvalue weighted by molar-refractivity contribution is 6.13. The Labute approximate surface area is 122 Å². The second kappa shape index (κ2) is 7.23. The molecular formula is C19H24O. The Bertz CT molecular complexity index is 522. The average Bonchev–Trinajstić information content (AvgIpc) is 2.47. The van der Waals surface area contributed by atoms with Gasteiger partial charge in [0.1, 0.15) is 0 Å². The number of ketones is 1. The second-order valence-corrected chi connectivity index (χ2v) is 5.58. The van der Waals surface area contributed by atoms with Crippen LogP contribution in [0.1, 0.15) is 67.8 Å². The quantitative estimate of drug-likeness (QED) is 0.590.